The van der Waals surface area contributed by atoms with Crippen molar-refractivity contribution in [2.24, 2.45) is 5.92 Å². The fourth-order valence-corrected chi connectivity index (χ4v) is 5.00. The lowest BCUT2D eigenvalue weighted by atomic mass is 9.74. The maximum Gasteiger partial charge on any atom is 0.416 e. The number of halogens is 3. The first kappa shape index (κ1) is 18.7. The number of anilines is 1. The number of hydrogen-bond acceptors (Lipinski definition) is 3. The minimum absolute atomic E-state index is 0.0205. The number of non-ortho nitro benzene ring substituents is 1. The van der Waals surface area contributed by atoms with Crippen molar-refractivity contribution in [1.82, 2.24) is 0 Å². The van der Waals surface area contributed by atoms with Gasteiger partial charge in [0.05, 0.1) is 16.5 Å². The monoisotopic (exact) mass is 410 g/mol. The van der Waals surface area contributed by atoms with Crippen molar-refractivity contribution in [2.45, 2.75) is 24.6 Å². The molecule has 0 radical (unpaired) electrons. The average molecular weight is 410 g/mol. The molecule has 3 aromatic carbocycles. The number of benzene rings is 3. The van der Waals surface area contributed by atoms with Gasteiger partial charge in [0.25, 0.3) is 5.69 Å². The van der Waals surface area contributed by atoms with Crippen LogP contribution in [0.5, 0.6) is 0 Å². The molecule has 3 aromatic rings. The molecule has 0 saturated carbocycles. The van der Waals surface area contributed by atoms with E-state index in [1.807, 2.05) is 24.3 Å². The third-order valence-electron chi connectivity index (χ3n) is 6.20. The maximum atomic E-state index is 13.7. The smallest absolute Gasteiger partial charge is 0.378 e. The molecule has 0 fully saturated rings. The fourth-order valence-electron chi connectivity index (χ4n) is 5.00. The van der Waals surface area contributed by atoms with Crippen molar-refractivity contribution < 1.29 is 18.1 Å². The van der Waals surface area contributed by atoms with E-state index in [1.165, 1.54) is 18.2 Å². The molecule has 0 bridgehead atoms. The molecule has 5 rings (SSSR count). The number of fused-ring (bicyclic) bond motifs is 5. The Kier molecular flexibility index (Phi) is 4.10. The van der Waals surface area contributed by atoms with Gasteiger partial charge in [0.2, 0.25) is 0 Å². The summed E-state index contributed by atoms with van der Waals surface area (Å²) in [5.41, 5.74) is 3.04. The van der Waals surface area contributed by atoms with Crippen LogP contribution in [-0.4, -0.2) is 4.92 Å². The fraction of sp³-hybridized carbons (Fsp3) is 0.217. The van der Waals surface area contributed by atoms with E-state index in [9.17, 15) is 23.3 Å². The van der Waals surface area contributed by atoms with Crippen LogP contribution in [0.4, 0.5) is 24.5 Å². The molecule has 0 aromatic heterocycles. The molecule has 0 unspecified atom stereocenters. The molecule has 0 amide bonds. The van der Waals surface area contributed by atoms with Gasteiger partial charge in [-0.15, -0.1) is 0 Å². The predicted molar refractivity (Wildman–Crippen MR) is 106 cm³/mol. The second kappa shape index (κ2) is 6.58. The zero-order chi connectivity index (χ0) is 21.0. The molecule has 7 heteroatoms. The molecular weight excluding hydrogens is 393 g/mol. The van der Waals surface area contributed by atoms with Crippen molar-refractivity contribution in [3.8, 4) is 0 Å². The zero-order valence-electron chi connectivity index (χ0n) is 15.7. The number of nitrogens with zero attached hydrogens (tertiary/aromatic N) is 1. The molecule has 1 aliphatic carbocycles. The molecular formula is C23H17F3N2O2. The lowest BCUT2D eigenvalue weighted by Crippen LogP contribution is -2.32. The average Bonchev–Trinajstić information content (AvgIpc) is 3.12. The van der Waals surface area contributed by atoms with E-state index in [0.29, 0.717) is 12.1 Å². The van der Waals surface area contributed by atoms with Gasteiger partial charge in [-0.1, -0.05) is 42.5 Å². The van der Waals surface area contributed by atoms with Crippen LogP contribution in [0.3, 0.4) is 0 Å². The summed E-state index contributed by atoms with van der Waals surface area (Å²) in [6, 6.07) is 17.4. The van der Waals surface area contributed by atoms with Gasteiger partial charge < -0.3 is 5.32 Å². The van der Waals surface area contributed by atoms with Crippen molar-refractivity contribution in [1.29, 1.82) is 0 Å². The normalized spacial score (nSPS) is 21.9. The SMILES string of the molecule is O=[N+]([O-])c1ccc2c(c1)[C@H]1c3ccccc3C[C@H]1[C@@H](c1ccccc1C(F)(F)F)N2. The molecule has 1 heterocycles. The molecule has 1 N–H and O–H groups in total. The number of hydrogen-bond donors (Lipinski definition) is 1. The van der Waals surface area contributed by atoms with Crippen molar-refractivity contribution in [2.75, 3.05) is 5.32 Å². The third-order valence-corrected chi connectivity index (χ3v) is 6.20. The van der Waals surface area contributed by atoms with E-state index in [1.54, 1.807) is 18.2 Å². The van der Waals surface area contributed by atoms with Gasteiger partial charge >= 0.3 is 6.18 Å². The van der Waals surface area contributed by atoms with Gasteiger partial charge in [-0.25, -0.2) is 0 Å². The molecule has 0 saturated heterocycles. The topological polar surface area (TPSA) is 55.2 Å². The number of nitro groups is 1. The van der Waals surface area contributed by atoms with E-state index >= 15 is 0 Å². The highest BCUT2D eigenvalue weighted by Gasteiger charge is 2.46. The van der Waals surface area contributed by atoms with Crippen LogP contribution < -0.4 is 5.32 Å². The number of rotatable bonds is 2. The second-order valence-corrected chi connectivity index (χ2v) is 7.78. The van der Waals surface area contributed by atoms with E-state index in [4.69, 9.17) is 0 Å². The van der Waals surface area contributed by atoms with Gasteiger partial charge in [0.1, 0.15) is 0 Å². The maximum absolute atomic E-state index is 13.7. The Bertz CT molecular complexity index is 1160. The van der Waals surface area contributed by atoms with Crippen molar-refractivity contribution in [3.63, 3.8) is 0 Å². The summed E-state index contributed by atoms with van der Waals surface area (Å²) >= 11 is 0. The highest BCUT2D eigenvalue weighted by molar-refractivity contribution is 5.65. The van der Waals surface area contributed by atoms with E-state index in [2.05, 4.69) is 5.32 Å². The number of nitro benzene ring substituents is 1. The van der Waals surface area contributed by atoms with Crippen molar-refractivity contribution >= 4 is 11.4 Å². The summed E-state index contributed by atoms with van der Waals surface area (Å²) in [6.07, 6.45) is -3.86. The number of nitrogens with one attached hydrogen (secondary N) is 1. The molecule has 30 heavy (non-hydrogen) atoms. The summed E-state index contributed by atoms with van der Waals surface area (Å²) in [5.74, 6) is -0.385. The van der Waals surface area contributed by atoms with Crippen LogP contribution in [-0.2, 0) is 12.6 Å². The third kappa shape index (κ3) is 2.84. The summed E-state index contributed by atoms with van der Waals surface area (Å²) < 4.78 is 41.2. The summed E-state index contributed by atoms with van der Waals surface area (Å²) in [5, 5.41) is 14.6. The Morgan fingerprint density at radius 2 is 1.63 bits per heavy atom. The predicted octanol–water partition coefficient (Wildman–Crippen LogP) is 6.08. The molecule has 4 nitrogen and oxygen atoms in total. The van der Waals surface area contributed by atoms with Crippen LogP contribution >= 0.6 is 0 Å². The highest BCUT2D eigenvalue weighted by Crippen LogP contribution is 2.55. The van der Waals surface area contributed by atoms with Crippen molar-refractivity contribution in [3.05, 3.63) is 105 Å². The Hall–Kier alpha value is -3.35. The Labute approximate surface area is 170 Å². The van der Waals surface area contributed by atoms with Crippen LogP contribution in [0.15, 0.2) is 66.7 Å². The van der Waals surface area contributed by atoms with Gasteiger partial charge in [-0.3, -0.25) is 10.1 Å². The molecule has 0 spiro atoms. The standard InChI is InChI=1S/C23H17F3N2O2/c24-23(25,26)19-8-4-3-7-16(19)22-18-11-13-5-1-2-6-15(13)21(18)17-12-14(28(29)30)9-10-20(17)27-22/h1-10,12,18,21-22,27H,11H2/t18-,21-,22-/m1/s1. The summed E-state index contributed by atoms with van der Waals surface area (Å²) in [6.45, 7) is 0. The molecule has 1 aliphatic heterocycles. The van der Waals surface area contributed by atoms with Crippen LogP contribution in [0, 0.1) is 16.0 Å². The largest absolute Gasteiger partial charge is 0.416 e. The quantitative estimate of drug-likeness (QED) is 0.411. The minimum atomic E-state index is -4.46. The second-order valence-electron chi connectivity index (χ2n) is 7.78. The Balaban J connectivity index is 1.70. The van der Waals surface area contributed by atoms with Gasteiger partial charge in [-0.2, -0.15) is 13.2 Å². The number of alkyl halides is 3. The zero-order valence-corrected chi connectivity index (χ0v) is 15.7. The minimum Gasteiger partial charge on any atom is -0.378 e. The van der Waals surface area contributed by atoms with Crippen LogP contribution in [0.2, 0.25) is 0 Å². The highest BCUT2D eigenvalue weighted by atomic mass is 19.4. The summed E-state index contributed by atoms with van der Waals surface area (Å²) in [4.78, 5) is 10.9. The van der Waals surface area contributed by atoms with Crippen LogP contribution in [0.1, 0.15) is 39.8 Å². The Morgan fingerprint density at radius 1 is 0.933 bits per heavy atom. The molecule has 3 atom stereocenters. The lowest BCUT2D eigenvalue weighted by molar-refractivity contribution is -0.384. The van der Waals surface area contributed by atoms with E-state index in [0.717, 1.165) is 22.8 Å². The first-order valence-corrected chi connectivity index (χ1v) is 9.63. The van der Waals surface area contributed by atoms with Gasteiger partial charge in [-0.05, 0) is 46.7 Å². The van der Waals surface area contributed by atoms with Crippen LogP contribution in [0.25, 0.3) is 0 Å². The lowest BCUT2D eigenvalue weighted by Gasteiger charge is -2.38. The van der Waals surface area contributed by atoms with Gasteiger partial charge in [0, 0.05) is 23.7 Å². The first-order valence-electron chi connectivity index (χ1n) is 9.63. The first-order chi connectivity index (χ1) is 14.3. The Morgan fingerprint density at radius 3 is 2.37 bits per heavy atom. The van der Waals surface area contributed by atoms with E-state index < -0.39 is 22.7 Å². The van der Waals surface area contributed by atoms with E-state index in [-0.39, 0.29) is 23.1 Å². The van der Waals surface area contributed by atoms with Gasteiger partial charge in [0.15, 0.2) is 0 Å². The molecule has 2 aliphatic rings. The summed E-state index contributed by atoms with van der Waals surface area (Å²) in [7, 11) is 0. The molecule has 152 valence electrons.